The molecule has 0 spiro atoms. The van der Waals surface area contributed by atoms with Gasteiger partial charge in [0.05, 0.1) is 7.11 Å². The minimum Gasteiger partial charge on any atom is -0.481 e. The second-order valence-corrected chi connectivity index (χ2v) is 4.73. The van der Waals surface area contributed by atoms with Crippen LogP contribution in [-0.2, 0) is 0 Å². The van der Waals surface area contributed by atoms with Crippen LogP contribution in [0.2, 0.25) is 0 Å². The van der Waals surface area contributed by atoms with Crippen molar-refractivity contribution in [1.29, 1.82) is 0 Å². The van der Waals surface area contributed by atoms with Crippen LogP contribution < -0.4 is 10.1 Å². The fourth-order valence-corrected chi connectivity index (χ4v) is 1.51. The molecule has 0 atom stereocenters. The largest absolute Gasteiger partial charge is 0.481 e. The molecule has 0 saturated carbocycles. The van der Waals surface area contributed by atoms with Crippen molar-refractivity contribution in [2.24, 2.45) is 0 Å². The van der Waals surface area contributed by atoms with E-state index in [-0.39, 0.29) is 0 Å². The van der Waals surface area contributed by atoms with Crippen LogP contribution in [0.3, 0.4) is 0 Å². The summed E-state index contributed by atoms with van der Waals surface area (Å²) in [5.41, 5.74) is 0.906. The van der Waals surface area contributed by atoms with Gasteiger partial charge in [0.25, 0.3) is 0 Å². The summed E-state index contributed by atoms with van der Waals surface area (Å²) in [4.78, 5) is 10.9. The maximum atomic E-state index is 5.11. The van der Waals surface area contributed by atoms with Gasteiger partial charge in [-0.2, -0.15) is 4.98 Å². The molecule has 0 radical (unpaired) electrons. The van der Waals surface area contributed by atoms with Crippen LogP contribution in [0.25, 0.3) is 0 Å². The zero-order chi connectivity index (χ0) is 13.5. The van der Waals surface area contributed by atoms with Gasteiger partial charge < -0.3 is 15.0 Å². The van der Waals surface area contributed by atoms with Gasteiger partial charge >= 0.3 is 0 Å². The number of nitrogens with zero attached hydrogens (tertiary/aromatic N) is 3. The number of hydrogen-bond acceptors (Lipinski definition) is 5. The highest BCUT2D eigenvalue weighted by Gasteiger charge is 2.04. The second kappa shape index (κ2) is 7.16. The molecule has 0 unspecified atom stereocenters. The average Bonchev–Trinajstić information content (AvgIpc) is 2.33. The van der Waals surface area contributed by atoms with Gasteiger partial charge in [0.2, 0.25) is 11.8 Å². The normalized spacial score (nSPS) is 11.1. The topological polar surface area (TPSA) is 50.3 Å². The molecule has 18 heavy (non-hydrogen) atoms. The predicted molar refractivity (Wildman–Crippen MR) is 74.2 cm³/mol. The van der Waals surface area contributed by atoms with E-state index in [1.54, 1.807) is 7.11 Å². The van der Waals surface area contributed by atoms with Gasteiger partial charge in [-0.15, -0.1) is 0 Å². The third kappa shape index (κ3) is 4.87. The first-order chi connectivity index (χ1) is 8.52. The molecule has 0 aliphatic carbocycles. The Labute approximate surface area is 110 Å². The lowest BCUT2D eigenvalue weighted by atomic mass is 10.3. The number of aryl methyl sites for hydroxylation is 1. The van der Waals surface area contributed by atoms with E-state index in [1.807, 2.05) is 13.0 Å². The first-order valence-electron chi connectivity index (χ1n) is 6.36. The van der Waals surface area contributed by atoms with Crippen molar-refractivity contribution in [1.82, 2.24) is 14.9 Å². The zero-order valence-corrected chi connectivity index (χ0v) is 12.0. The minimum absolute atomic E-state index is 0.584. The Morgan fingerprint density at radius 3 is 2.72 bits per heavy atom. The van der Waals surface area contributed by atoms with Crippen molar-refractivity contribution >= 4 is 5.95 Å². The van der Waals surface area contributed by atoms with E-state index in [4.69, 9.17) is 4.74 Å². The van der Waals surface area contributed by atoms with Crippen molar-refractivity contribution in [3.8, 4) is 5.88 Å². The Morgan fingerprint density at radius 2 is 2.11 bits per heavy atom. The highest BCUT2D eigenvalue weighted by molar-refractivity contribution is 5.30. The van der Waals surface area contributed by atoms with Crippen LogP contribution in [0, 0.1) is 6.92 Å². The smallest absolute Gasteiger partial charge is 0.226 e. The van der Waals surface area contributed by atoms with Gasteiger partial charge in [0, 0.05) is 24.3 Å². The van der Waals surface area contributed by atoms with Gasteiger partial charge in [0.15, 0.2) is 0 Å². The van der Waals surface area contributed by atoms with Crippen LogP contribution in [0.4, 0.5) is 5.95 Å². The lowest BCUT2D eigenvalue weighted by Crippen LogP contribution is -2.28. The van der Waals surface area contributed by atoms with Crippen molar-refractivity contribution < 1.29 is 4.74 Å². The quantitative estimate of drug-likeness (QED) is 0.752. The van der Waals surface area contributed by atoms with Crippen molar-refractivity contribution in [2.45, 2.75) is 33.2 Å². The lowest BCUT2D eigenvalue weighted by molar-refractivity contribution is 0.273. The first-order valence-corrected chi connectivity index (χ1v) is 6.36. The van der Waals surface area contributed by atoms with E-state index in [2.05, 4.69) is 41.1 Å². The second-order valence-electron chi connectivity index (χ2n) is 4.73. The summed E-state index contributed by atoms with van der Waals surface area (Å²) in [6.07, 6.45) is 1.06. The van der Waals surface area contributed by atoms with Crippen LogP contribution in [0.5, 0.6) is 5.88 Å². The molecular formula is C13H24N4O. The van der Waals surface area contributed by atoms with E-state index >= 15 is 0 Å². The summed E-state index contributed by atoms with van der Waals surface area (Å²) in [7, 11) is 3.75. The van der Waals surface area contributed by atoms with Crippen LogP contribution >= 0.6 is 0 Å². The zero-order valence-electron chi connectivity index (χ0n) is 12.0. The Kier molecular flexibility index (Phi) is 5.85. The first kappa shape index (κ1) is 14.7. The highest BCUT2D eigenvalue weighted by Crippen LogP contribution is 2.10. The Bertz CT molecular complexity index is 368. The van der Waals surface area contributed by atoms with Gasteiger partial charge in [-0.3, -0.25) is 0 Å². The van der Waals surface area contributed by atoms with Crippen molar-refractivity contribution in [3.05, 3.63) is 11.8 Å². The Morgan fingerprint density at radius 1 is 1.39 bits per heavy atom. The van der Waals surface area contributed by atoms with Gasteiger partial charge in [0.1, 0.15) is 0 Å². The molecule has 0 bridgehead atoms. The highest BCUT2D eigenvalue weighted by atomic mass is 16.5. The van der Waals surface area contributed by atoms with Crippen LogP contribution in [-0.4, -0.2) is 48.2 Å². The number of hydrogen-bond donors (Lipinski definition) is 1. The molecule has 1 rings (SSSR count). The maximum Gasteiger partial charge on any atom is 0.226 e. The third-order valence-corrected chi connectivity index (χ3v) is 2.89. The van der Waals surface area contributed by atoms with Crippen LogP contribution in [0.15, 0.2) is 6.07 Å². The molecule has 0 fully saturated rings. The van der Waals surface area contributed by atoms with E-state index < -0.39 is 0 Å². The molecule has 102 valence electrons. The summed E-state index contributed by atoms with van der Waals surface area (Å²) in [6, 6.07) is 2.40. The molecule has 0 amide bonds. The summed E-state index contributed by atoms with van der Waals surface area (Å²) >= 11 is 0. The molecule has 1 heterocycles. The molecule has 0 aliphatic rings. The predicted octanol–water partition coefficient (Wildman–Crippen LogP) is 1.94. The summed E-state index contributed by atoms with van der Waals surface area (Å²) in [6.45, 7) is 8.25. The van der Waals surface area contributed by atoms with E-state index in [9.17, 15) is 0 Å². The number of anilines is 1. The summed E-state index contributed by atoms with van der Waals surface area (Å²) in [5, 5.41) is 3.23. The monoisotopic (exact) mass is 252 g/mol. The number of methoxy groups -OCH3 is 1. The molecular weight excluding hydrogens is 228 g/mol. The van der Waals surface area contributed by atoms with Crippen LogP contribution in [0.1, 0.15) is 26.0 Å². The molecule has 5 heteroatoms. The van der Waals surface area contributed by atoms with Gasteiger partial charge in [-0.25, -0.2) is 4.98 Å². The van der Waals surface area contributed by atoms with Crippen molar-refractivity contribution in [2.75, 3.05) is 32.6 Å². The summed E-state index contributed by atoms with van der Waals surface area (Å²) < 4.78 is 5.11. The van der Waals surface area contributed by atoms with Crippen molar-refractivity contribution in [3.63, 3.8) is 0 Å². The minimum atomic E-state index is 0.584. The third-order valence-electron chi connectivity index (χ3n) is 2.89. The molecule has 0 saturated heterocycles. The molecule has 1 N–H and O–H groups in total. The molecule has 0 aromatic carbocycles. The fraction of sp³-hybridized carbons (Fsp3) is 0.692. The SMILES string of the molecule is COc1cc(C)nc(NCCCN(C)C(C)C)n1. The molecule has 1 aromatic heterocycles. The molecule has 0 aliphatic heterocycles. The number of nitrogens with one attached hydrogen (secondary N) is 1. The standard InChI is InChI=1S/C13H24N4O/c1-10(2)17(4)8-6-7-14-13-15-11(3)9-12(16-13)18-5/h9-10H,6-8H2,1-5H3,(H,14,15,16). The number of rotatable bonds is 7. The number of ether oxygens (including phenoxy) is 1. The van der Waals surface area contributed by atoms with Gasteiger partial charge in [-0.1, -0.05) is 0 Å². The summed E-state index contributed by atoms with van der Waals surface area (Å²) in [5.74, 6) is 1.24. The lowest BCUT2D eigenvalue weighted by Gasteiger charge is -2.20. The Balaban J connectivity index is 2.37. The Hall–Kier alpha value is -1.36. The maximum absolute atomic E-state index is 5.11. The fourth-order valence-electron chi connectivity index (χ4n) is 1.51. The average molecular weight is 252 g/mol. The van der Waals surface area contributed by atoms with E-state index in [0.717, 1.165) is 25.2 Å². The molecule has 5 nitrogen and oxygen atoms in total. The van der Waals surface area contributed by atoms with E-state index in [1.165, 1.54) is 0 Å². The molecule has 1 aromatic rings. The van der Waals surface area contributed by atoms with E-state index in [0.29, 0.717) is 17.9 Å². The number of aromatic nitrogens is 2. The van der Waals surface area contributed by atoms with Gasteiger partial charge in [-0.05, 0) is 40.8 Å².